The molecule has 0 heterocycles. The zero-order chi connectivity index (χ0) is 22.9. The Labute approximate surface area is 196 Å². The van der Waals surface area contributed by atoms with Gasteiger partial charge in [-0.05, 0) is 68.8 Å². The summed E-state index contributed by atoms with van der Waals surface area (Å²) >= 11 is 3.38. The molecule has 0 fully saturated rings. The van der Waals surface area contributed by atoms with Gasteiger partial charge in [-0.3, -0.25) is 4.79 Å². The van der Waals surface area contributed by atoms with E-state index in [1.165, 1.54) is 0 Å². The van der Waals surface area contributed by atoms with Crippen molar-refractivity contribution >= 4 is 41.4 Å². The van der Waals surface area contributed by atoms with Crippen LogP contribution in [0.3, 0.4) is 0 Å². The maximum absolute atomic E-state index is 12.3. The molecule has 0 bridgehead atoms. The van der Waals surface area contributed by atoms with E-state index in [4.69, 9.17) is 13.6 Å². The predicted octanol–water partition coefficient (Wildman–Crippen LogP) is 6.16. The SMILES string of the molecule is C[Si]OC(O[Si]C)C(C)(C)CCC(C)(C)c1c(C)cc(C)cc1OC(=O)CCCBr. The normalized spacial score (nSPS) is 12.5. The van der Waals surface area contributed by atoms with Gasteiger partial charge in [0.15, 0.2) is 0 Å². The zero-order valence-electron chi connectivity index (χ0n) is 19.8. The van der Waals surface area contributed by atoms with Gasteiger partial charge < -0.3 is 13.6 Å². The van der Waals surface area contributed by atoms with Gasteiger partial charge in [-0.25, -0.2) is 0 Å². The van der Waals surface area contributed by atoms with Crippen LogP contribution in [0.15, 0.2) is 12.1 Å². The Hall–Kier alpha value is -0.476. The Balaban J connectivity index is 3.11. The summed E-state index contributed by atoms with van der Waals surface area (Å²) in [6.45, 7) is 17.1. The van der Waals surface area contributed by atoms with Crippen molar-refractivity contribution in [3.63, 3.8) is 0 Å². The molecule has 1 rings (SSSR count). The number of rotatable bonds is 13. The third-order valence-corrected chi connectivity index (χ3v) is 6.80. The molecule has 0 N–H and O–H groups in total. The zero-order valence-corrected chi connectivity index (χ0v) is 23.4. The summed E-state index contributed by atoms with van der Waals surface area (Å²) in [5.41, 5.74) is 3.10. The van der Waals surface area contributed by atoms with Crippen LogP contribution in [0.5, 0.6) is 5.75 Å². The van der Waals surface area contributed by atoms with E-state index in [1.807, 2.05) is 26.1 Å². The van der Waals surface area contributed by atoms with Crippen LogP contribution >= 0.6 is 15.9 Å². The fraction of sp³-hybridized carbons (Fsp3) is 0.696. The molecule has 0 unspecified atom stereocenters. The second kappa shape index (κ2) is 12.5. The second-order valence-corrected chi connectivity index (χ2v) is 11.2. The van der Waals surface area contributed by atoms with Crippen LogP contribution in [0, 0.1) is 19.3 Å². The highest BCUT2D eigenvalue weighted by Crippen LogP contribution is 2.42. The Morgan fingerprint density at radius 1 is 1.07 bits per heavy atom. The lowest BCUT2D eigenvalue weighted by Gasteiger charge is -2.37. The van der Waals surface area contributed by atoms with Gasteiger partial charge >= 0.3 is 5.97 Å². The highest BCUT2D eigenvalue weighted by molar-refractivity contribution is 9.09. The molecule has 0 aromatic heterocycles. The summed E-state index contributed by atoms with van der Waals surface area (Å²) in [6, 6.07) is 4.16. The van der Waals surface area contributed by atoms with Gasteiger partial charge in [0.1, 0.15) is 12.0 Å². The summed E-state index contributed by atoms with van der Waals surface area (Å²) in [5.74, 6) is 0.524. The Bertz CT molecular complexity index is 686. The number of hydrogen-bond acceptors (Lipinski definition) is 4. The van der Waals surface area contributed by atoms with Crippen molar-refractivity contribution < 1.29 is 18.4 Å². The van der Waals surface area contributed by atoms with Crippen molar-refractivity contribution in [2.24, 2.45) is 5.41 Å². The molecular formula is C23H37BrO4Si2. The number of benzene rings is 1. The predicted molar refractivity (Wildman–Crippen MR) is 130 cm³/mol. The second-order valence-electron chi connectivity index (χ2n) is 9.07. The molecule has 0 amide bonds. The molecule has 0 atom stereocenters. The first-order valence-corrected chi connectivity index (χ1v) is 14.5. The molecule has 0 saturated carbocycles. The van der Waals surface area contributed by atoms with Crippen molar-refractivity contribution in [1.29, 1.82) is 0 Å². The van der Waals surface area contributed by atoms with E-state index in [0.29, 0.717) is 31.7 Å². The minimum Gasteiger partial charge on any atom is -0.426 e. The standard InChI is InChI=1S/C23H37BrO4Si2/c1-16-14-17(2)20(18(15-16)26-19(25)10-9-13-24)22(3,4)11-12-23(5,6)21(27-29-7)28-30-8/h14-15,21H,9-13H2,1-8H3. The van der Waals surface area contributed by atoms with Gasteiger partial charge in [-0.15, -0.1) is 0 Å². The first-order valence-electron chi connectivity index (χ1n) is 10.5. The van der Waals surface area contributed by atoms with Gasteiger partial charge in [-0.1, -0.05) is 49.7 Å². The summed E-state index contributed by atoms with van der Waals surface area (Å²) < 4.78 is 17.7. The van der Waals surface area contributed by atoms with Crippen molar-refractivity contribution in [2.45, 2.75) is 92.0 Å². The van der Waals surface area contributed by atoms with E-state index in [-0.39, 0.29) is 23.1 Å². The molecule has 0 saturated heterocycles. The topological polar surface area (TPSA) is 44.8 Å². The molecule has 4 radical (unpaired) electrons. The molecule has 0 aliphatic heterocycles. The van der Waals surface area contributed by atoms with Crippen LogP contribution in [0.1, 0.15) is 70.1 Å². The van der Waals surface area contributed by atoms with Crippen molar-refractivity contribution in [2.75, 3.05) is 5.33 Å². The van der Waals surface area contributed by atoms with E-state index < -0.39 is 0 Å². The lowest BCUT2D eigenvalue weighted by atomic mass is 9.73. The summed E-state index contributed by atoms with van der Waals surface area (Å²) in [7, 11) is 0.790. The van der Waals surface area contributed by atoms with E-state index in [0.717, 1.165) is 41.3 Å². The van der Waals surface area contributed by atoms with E-state index in [1.54, 1.807) is 0 Å². The molecule has 0 aliphatic rings. The molecule has 0 spiro atoms. The Morgan fingerprint density at radius 2 is 1.67 bits per heavy atom. The molecule has 7 heteroatoms. The van der Waals surface area contributed by atoms with E-state index in [2.05, 4.69) is 56.6 Å². The maximum Gasteiger partial charge on any atom is 0.311 e. The third kappa shape index (κ3) is 8.22. The smallest absolute Gasteiger partial charge is 0.311 e. The average Bonchev–Trinajstić information content (AvgIpc) is 2.64. The van der Waals surface area contributed by atoms with Crippen molar-refractivity contribution in [1.82, 2.24) is 0 Å². The van der Waals surface area contributed by atoms with Gasteiger partial charge in [0, 0.05) is 22.7 Å². The summed E-state index contributed by atoms with van der Waals surface area (Å²) in [4.78, 5) is 12.3. The summed E-state index contributed by atoms with van der Waals surface area (Å²) in [6.07, 6.45) is 2.84. The number of esters is 1. The fourth-order valence-electron chi connectivity index (χ4n) is 3.70. The van der Waals surface area contributed by atoms with Crippen LogP contribution in [-0.4, -0.2) is 37.1 Å². The highest BCUT2D eigenvalue weighted by Gasteiger charge is 2.35. The molecular weight excluding hydrogens is 476 g/mol. The number of carbonyl (C=O) groups excluding carboxylic acids is 1. The van der Waals surface area contributed by atoms with E-state index in [9.17, 15) is 4.79 Å². The van der Waals surface area contributed by atoms with Crippen molar-refractivity contribution in [3.05, 3.63) is 28.8 Å². The monoisotopic (exact) mass is 512 g/mol. The minimum atomic E-state index is -0.208. The Morgan fingerprint density at radius 3 is 2.20 bits per heavy atom. The lowest BCUT2D eigenvalue weighted by Crippen LogP contribution is -2.37. The first kappa shape index (κ1) is 27.6. The van der Waals surface area contributed by atoms with Gasteiger partial charge in [0.2, 0.25) is 19.5 Å². The molecule has 30 heavy (non-hydrogen) atoms. The van der Waals surface area contributed by atoms with Gasteiger partial charge in [-0.2, -0.15) is 0 Å². The van der Waals surface area contributed by atoms with Gasteiger partial charge in [0.05, 0.1) is 0 Å². The average molecular weight is 514 g/mol. The van der Waals surface area contributed by atoms with Crippen molar-refractivity contribution in [3.8, 4) is 5.75 Å². The molecule has 0 aliphatic carbocycles. The molecule has 1 aromatic rings. The minimum absolute atomic E-state index is 0.116. The molecule has 168 valence electrons. The quantitative estimate of drug-likeness (QED) is 0.104. The largest absolute Gasteiger partial charge is 0.426 e. The highest BCUT2D eigenvalue weighted by atomic mass is 79.9. The van der Waals surface area contributed by atoms with Crippen LogP contribution in [-0.2, 0) is 19.1 Å². The Kier molecular flexibility index (Phi) is 11.5. The number of carbonyl (C=O) groups is 1. The van der Waals surface area contributed by atoms with E-state index >= 15 is 0 Å². The number of halogens is 1. The number of alkyl halides is 1. The summed E-state index contributed by atoms with van der Waals surface area (Å²) in [5, 5.41) is 0.796. The maximum atomic E-state index is 12.3. The number of hydrogen-bond donors (Lipinski definition) is 0. The molecule has 4 nitrogen and oxygen atoms in total. The fourth-order valence-corrected chi connectivity index (χ4v) is 5.23. The van der Waals surface area contributed by atoms with Gasteiger partial charge in [0.25, 0.3) is 0 Å². The lowest BCUT2D eigenvalue weighted by molar-refractivity contribution is -0.134. The van der Waals surface area contributed by atoms with Crippen LogP contribution in [0.2, 0.25) is 13.1 Å². The molecule has 1 aromatic carbocycles. The van der Waals surface area contributed by atoms with Crippen LogP contribution in [0.25, 0.3) is 0 Å². The first-order chi connectivity index (χ1) is 14.0. The van der Waals surface area contributed by atoms with Crippen LogP contribution < -0.4 is 4.74 Å². The number of ether oxygens (including phenoxy) is 1. The number of aryl methyl sites for hydroxylation is 2. The third-order valence-electron chi connectivity index (χ3n) is 5.34. The van der Waals surface area contributed by atoms with Crippen LogP contribution in [0.4, 0.5) is 0 Å².